The predicted molar refractivity (Wildman–Crippen MR) is 99.5 cm³/mol. The van der Waals surface area contributed by atoms with Gasteiger partial charge in [-0.1, -0.05) is 36.4 Å². The number of thioether (sulfide) groups is 1. The van der Waals surface area contributed by atoms with E-state index < -0.39 is 0 Å². The van der Waals surface area contributed by atoms with Crippen LogP contribution in [0.1, 0.15) is 16.7 Å². The van der Waals surface area contributed by atoms with Gasteiger partial charge in [0.25, 0.3) is 0 Å². The Labute approximate surface area is 147 Å². The summed E-state index contributed by atoms with van der Waals surface area (Å²) in [6.45, 7) is 5.87. The Morgan fingerprint density at radius 2 is 1.50 bits per heavy atom. The summed E-state index contributed by atoms with van der Waals surface area (Å²) in [6.07, 6.45) is 0. The second-order valence-electron chi connectivity index (χ2n) is 5.65. The number of aryl methyl sites for hydroxylation is 3. The van der Waals surface area contributed by atoms with Crippen molar-refractivity contribution in [2.75, 3.05) is 17.6 Å². The quantitative estimate of drug-likeness (QED) is 0.791. The number of amides is 2. The van der Waals surface area contributed by atoms with Crippen molar-refractivity contribution < 1.29 is 9.59 Å². The summed E-state index contributed by atoms with van der Waals surface area (Å²) in [4.78, 5) is 25.0. The standard InChI is InChI=1S/C19H22N2O2S/c1-13-7-4-5-10-16(13)24-12-18(23)20-11-17(22)21-19-14(2)8-6-9-15(19)3/h4-10H,11-12H2,1-3H3,(H,20,23)(H,21,22). The van der Waals surface area contributed by atoms with E-state index in [0.717, 1.165) is 27.3 Å². The first kappa shape index (κ1) is 18.1. The summed E-state index contributed by atoms with van der Waals surface area (Å²) < 4.78 is 0. The van der Waals surface area contributed by atoms with Crippen molar-refractivity contribution in [2.45, 2.75) is 25.7 Å². The third-order valence-electron chi connectivity index (χ3n) is 3.64. The third-order valence-corrected chi connectivity index (χ3v) is 4.82. The maximum atomic E-state index is 12.0. The smallest absolute Gasteiger partial charge is 0.243 e. The molecule has 0 atom stereocenters. The van der Waals surface area contributed by atoms with Crippen LogP contribution in [0.2, 0.25) is 0 Å². The van der Waals surface area contributed by atoms with E-state index in [0.29, 0.717) is 5.75 Å². The molecule has 0 unspecified atom stereocenters. The number of rotatable bonds is 6. The first-order valence-corrected chi connectivity index (χ1v) is 8.77. The molecule has 4 nitrogen and oxygen atoms in total. The number of anilines is 1. The van der Waals surface area contributed by atoms with Gasteiger partial charge in [-0.2, -0.15) is 0 Å². The first-order valence-electron chi connectivity index (χ1n) is 7.78. The maximum absolute atomic E-state index is 12.0. The van der Waals surface area contributed by atoms with Gasteiger partial charge in [-0.15, -0.1) is 11.8 Å². The molecule has 0 aliphatic rings. The monoisotopic (exact) mass is 342 g/mol. The fourth-order valence-corrected chi connectivity index (χ4v) is 3.15. The zero-order valence-electron chi connectivity index (χ0n) is 14.2. The molecule has 2 N–H and O–H groups in total. The van der Waals surface area contributed by atoms with Gasteiger partial charge < -0.3 is 10.6 Å². The second-order valence-corrected chi connectivity index (χ2v) is 6.66. The molecule has 5 heteroatoms. The van der Waals surface area contributed by atoms with E-state index >= 15 is 0 Å². The molecule has 0 saturated carbocycles. The minimum atomic E-state index is -0.221. The van der Waals surface area contributed by atoms with Crippen LogP contribution < -0.4 is 10.6 Å². The normalized spacial score (nSPS) is 10.3. The van der Waals surface area contributed by atoms with E-state index in [1.165, 1.54) is 11.8 Å². The topological polar surface area (TPSA) is 58.2 Å². The zero-order valence-corrected chi connectivity index (χ0v) is 15.0. The van der Waals surface area contributed by atoms with Gasteiger partial charge >= 0.3 is 0 Å². The summed E-state index contributed by atoms with van der Waals surface area (Å²) in [5.74, 6) is -0.0804. The van der Waals surface area contributed by atoms with Crippen molar-refractivity contribution in [3.05, 3.63) is 59.2 Å². The number of hydrogen-bond donors (Lipinski definition) is 2. The lowest BCUT2D eigenvalue weighted by atomic mass is 10.1. The summed E-state index contributed by atoms with van der Waals surface area (Å²) in [7, 11) is 0. The molecule has 2 amide bonds. The van der Waals surface area contributed by atoms with Gasteiger partial charge in [-0.05, 0) is 43.5 Å². The molecule has 0 aromatic heterocycles. The van der Waals surface area contributed by atoms with Gasteiger partial charge in [0.2, 0.25) is 11.8 Å². The molecular weight excluding hydrogens is 320 g/mol. The Balaban J connectivity index is 1.79. The van der Waals surface area contributed by atoms with Crippen molar-refractivity contribution in [3.63, 3.8) is 0 Å². The molecule has 2 aromatic rings. The van der Waals surface area contributed by atoms with Crippen LogP contribution in [0.15, 0.2) is 47.4 Å². The maximum Gasteiger partial charge on any atom is 0.243 e. The van der Waals surface area contributed by atoms with Gasteiger partial charge in [0.05, 0.1) is 12.3 Å². The number of para-hydroxylation sites is 1. The fourth-order valence-electron chi connectivity index (χ4n) is 2.29. The van der Waals surface area contributed by atoms with Crippen LogP contribution in [0.5, 0.6) is 0 Å². The number of carbonyl (C=O) groups is 2. The highest BCUT2D eigenvalue weighted by molar-refractivity contribution is 8.00. The van der Waals surface area contributed by atoms with E-state index in [4.69, 9.17) is 0 Å². The van der Waals surface area contributed by atoms with Crippen LogP contribution in [0.3, 0.4) is 0 Å². The Hall–Kier alpha value is -2.27. The van der Waals surface area contributed by atoms with Crippen LogP contribution in [-0.2, 0) is 9.59 Å². The molecule has 0 fully saturated rings. The van der Waals surface area contributed by atoms with Gasteiger partial charge in [0.15, 0.2) is 0 Å². The molecule has 0 heterocycles. The Bertz CT molecular complexity index is 724. The van der Waals surface area contributed by atoms with Crippen LogP contribution >= 0.6 is 11.8 Å². The summed E-state index contributed by atoms with van der Waals surface area (Å²) in [5.41, 5.74) is 3.96. The molecule has 0 aliphatic heterocycles. The van der Waals surface area contributed by atoms with Gasteiger partial charge in [-0.3, -0.25) is 9.59 Å². The zero-order chi connectivity index (χ0) is 17.5. The van der Waals surface area contributed by atoms with Crippen molar-refractivity contribution in [2.24, 2.45) is 0 Å². The van der Waals surface area contributed by atoms with Crippen molar-refractivity contribution in [1.82, 2.24) is 5.32 Å². The van der Waals surface area contributed by atoms with E-state index in [1.807, 2.05) is 63.2 Å². The summed E-state index contributed by atoms with van der Waals surface area (Å²) in [5, 5.41) is 5.52. The molecule has 24 heavy (non-hydrogen) atoms. The largest absolute Gasteiger partial charge is 0.346 e. The van der Waals surface area contributed by atoms with Gasteiger partial charge in [0, 0.05) is 10.6 Å². The lowest BCUT2D eigenvalue weighted by Gasteiger charge is -2.12. The average molecular weight is 342 g/mol. The minimum absolute atomic E-state index is 0.0268. The minimum Gasteiger partial charge on any atom is -0.346 e. The van der Waals surface area contributed by atoms with E-state index in [9.17, 15) is 9.59 Å². The molecule has 0 spiro atoms. The number of benzene rings is 2. The van der Waals surface area contributed by atoms with E-state index in [-0.39, 0.29) is 18.4 Å². The van der Waals surface area contributed by atoms with Crippen LogP contribution in [0.4, 0.5) is 5.69 Å². The number of nitrogens with one attached hydrogen (secondary N) is 2. The van der Waals surface area contributed by atoms with Crippen LogP contribution in [0, 0.1) is 20.8 Å². The Morgan fingerprint density at radius 1 is 0.875 bits per heavy atom. The molecule has 0 bridgehead atoms. The number of carbonyl (C=O) groups excluding carboxylic acids is 2. The molecule has 0 aliphatic carbocycles. The molecule has 126 valence electrons. The molecule has 0 saturated heterocycles. The molecule has 0 radical (unpaired) electrons. The van der Waals surface area contributed by atoms with Crippen molar-refractivity contribution in [3.8, 4) is 0 Å². The molecule has 2 aromatic carbocycles. The highest BCUT2D eigenvalue weighted by atomic mass is 32.2. The number of hydrogen-bond acceptors (Lipinski definition) is 3. The van der Waals surface area contributed by atoms with Crippen molar-refractivity contribution >= 4 is 29.3 Å². The Morgan fingerprint density at radius 3 is 2.17 bits per heavy atom. The second kappa shape index (κ2) is 8.55. The fraction of sp³-hybridized carbons (Fsp3) is 0.263. The third kappa shape index (κ3) is 5.13. The summed E-state index contributed by atoms with van der Waals surface area (Å²) in [6, 6.07) is 13.8. The lowest BCUT2D eigenvalue weighted by Crippen LogP contribution is -2.34. The summed E-state index contributed by atoms with van der Waals surface area (Å²) >= 11 is 1.47. The van der Waals surface area contributed by atoms with Crippen molar-refractivity contribution in [1.29, 1.82) is 0 Å². The molecular formula is C19H22N2O2S. The first-order chi connectivity index (χ1) is 11.5. The average Bonchev–Trinajstić information content (AvgIpc) is 2.56. The Kier molecular flexibility index (Phi) is 6.44. The van der Waals surface area contributed by atoms with Crippen LogP contribution in [0.25, 0.3) is 0 Å². The van der Waals surface area contributed by atoms with E-state index in [1.54, 1.807) is 0 Å². The lowest BCUT2D eigenvalue weighted by molar-refractivity contribution is -0.122. The van der Waals surface area contributed by atoms with Gasteiger partial charge in [0.1, 0.15) is 0 Å². The predicted octanol–water partition coefficient (Wildman–Crippen LogP) is 3.46. The molecule has 2 rings (SSSR count). The SMILES string of the molecule is Cc1ccccc1SCC(=O)NCC(=O)Nc1c(C)cccc1C. The van der Waals surface area contributed by atoms with Gasteiger partial charge in [-0.25, -0.2) is 0 Å². The van der Waals surface area contributed by atoms with E-state index in [2.05, 4.69) is 10.6 Å². The highest BCUT2D eigenvalue weighted by Crippen LogP contribution is 2.21. The highest BCUT2D eigenvalue weighted by Gasteiger charge is 2.09. The van der Waals surface area contributed by atoms with Crippen LogP contribution in [-0.4, -0.2) is 24.1 Å².